The maximum absolute atomic E-state index is 10.7. The summed E-state index contributed by atoms with van der Waals surface area (Å²) in [5.74, 6) is 0. The van der Waals surface area contributed by atoms with E-state index in [0.717, 1.165) is 18.5 Å². The van der Waals surface area contributed by atoms with Gasteiger partial charge in [-0.25, -0.2) is 4.79 Å². The van der Waals surface area contributed by atoms with Crippen molar-refractivity contribution in [2.75, 3.05) is 17.7 Å². The number of ether oxygens (including phenoxy) is 1. The second-order valence-electron chi connectivity index (χ2n) is 4.93. The zero-order valence-corrected chi connectivity index (χ0v) is 11.2. The van der Waals surface area contributed by atoms with Crippen LogP contribution >= 0.6 is 0 Å². The average molecular weight is 263 g/mol. The van der Waals surface area contributed by atoms with Crippen LogP contribution < -0.4 is 16.4 Å². The quantitative estimate of drug-likeness (QED) is 0.781. The third-order valence-corrected chi connectivity index (χ3v) is 3.48. The lowest BCUT2D eigenvalue weighted by Gasteiger charge is -2.29. The number of hydrogen-bond acceptors (Lipinski definition) is 3. The van der Waals surface area contributed by atoms with Crippen molar-refractivity contribution in [2.45, 2.75) is 37.8 Å². The highest BCUT2D eigenvalue weighted by atomic mass is 16.5. The fourth-order valence-electron chi connectivity index (χ4n) is 2.52. The van der Waals surface area contributed by atoms with Crippen LogP contribution in [0, 0.1) is 0 Å². The summed E-state index contributed by atoms with van der Waals surface area (Å²) >= 11 is 0. The second kappa shape index (κ2) is 6.43. The first-order chi connectivity index (χ1) is 9.17. The molecule has 0 bridgehead atoms. The number of anilines is 2. The molecule has 19 heavy (non-hydrogen) atoms. The van der Waals surface area contributed by atoms with Crippen molar-refractivity contribution >= 4 is 17.4 Å². The van der Waals surface area contributed by atoms with Crippen LogP contribution in [0.3, 0.4) is 0 Å². The number of nitrogens with two attached hydrogens (primary N) is 1. The zero-order valence-electron chi connectivity index (χ0n) is 11.2. The third kappa shape index (κ3) is 4.13. The molecule has 2 rings (SSSR count). The molecular weight excluding hydrogens is 242 g/mol. The van der Waals surface area contributed by atoms with Gasteiger partial charge in [-0.2, -0.15) is 0 Å². The lowest BCUT2D eigenvalue weighted by Crippen LogP contribution is -2.30. The Kier molecular flexibility index (Phi) is 4.63. The Morgan fingerprint density at radius 1 is 1.26 bits per heavy atom. The molecule has 104 valence electrons. The number of rotatable bonds is 4. The van der Waals surface area contributed by atoms with Crippen LogP contribution in [0.5, 0.6) is 0 Å². The van der Waals surface area contributed by atoms with Crippen molar-refractivity contribution in [3.05, 3.63) is 24.3 Å². The van der Waals surface area contributed by atoms with E-state index in [1.54, 1.807) is 7.11 Å². The summed E-state index contributed by atoms with van der Waals surface area (Å²) in [5, 5.41) is 6.04. The smallest absolute Gasteiger partial charge is 0.316 e. The molecule has 2 unspecified atom stereocenters. The van der Waals surface area contributed by atoms with E-state index in [4.69, 9.17) is 10.5 Å². The Labute approximate surface area is 113 Å². The van der Waals surface area contributed by atoms with Gasteiger partial charge in [0.25, 0.3) is 0 Å². The number of benzene rings is 1. The van der Waals surface area contributed by atoms with E-state index in [1.165, 1.54) is 12.8 Å². The zero-order chi connectivity index (χ0) is 13.7. The van der Waals surface area contributed by atoms with Gasteiger partial charge in [-0.15, -0.1) is 0 Å². The molecule has 4 N–H and O–H groups in total. The summed E-state index contributed by atoms with van der Waals surface area (Å²) in [4.78, 5) is 10.7. The van der Waals surface area contributed by atoms with Crippen molar-refractivity contribution in [3.63, 3.8) is 0 Å². The number of amides is 2. The van der Waals surface area contributed by atoms with Gasteiger partial charge in [-0.3, -0.25) is 0 Å². The van der Waals surface area contributed by atoms with E-state index in [0.29, 0.717) is 17.8 Å². The lowest BCUT2D eigenvalue weighted by atomic mass is 9.92. The fraction of sp³-hybridized carbons (Fsp3) is 0.500. The molecule has 1 saturated carbocycles. The molecule has 2 atom stereocenters. The molecule has 1 aliphatic rings. The van der Waals surface area contributed by atoms with Crippen molar-refractivity contribution in [3.8, 4) is 0 Å². The monoisotopic (exact) mass is 263 g/mol. The molecule has 0 aromatic heterocycles. The topological polar surface area (TPSA) is 76.4 Å². The number of carbonyl (C=O) groups is 1. The van der Waals surface area contributed by atoms with Gasteiger partial charge in [-0.1, -0.05) is 0 Å². The van der Waals surface area contributed by atoms with Crippen LogP contribution in [-0.4, -0.2) is 25.3 Å². The highest BCUT2D eigenvalue weighted by molar-refractivity contribution is 5.87. The van der Waals surface area contributed by atoms with Gasteiger partial charge in [0.05, 0.1) is 6.10 Å². The summed E-state index contributed by atoms with van der Waals surface area (Å²) in [6.07, 6.45) is 4.91. The number of nitrogens with one attached hydrogen (secondary N) is 2. The van der Waals surface area contributed by atoms with Crippen molar-refractivity contribution in [1.29, 1.82) is 0 Å². The molecule has 1 aromatic rings. The van der Waals surface area contributed by atoms with Crippen molar-refractivity contribution < 1.29 is 9.53 Å². The Morgan fingerprint density at radius 2 is 1.95 bits per heavy atom. The standard InChI is InChI=1S/C14H21N3O2/c1-19-13-4-2-3-12(9-13)16-10-5-7-11(8-6-10)17-14(15)18/h5-8,12-13,16H,2-4,9H2,1H3,(H3,15,17,18). The van der Waals surface area contributed by atoms with E-state index in [2.05, 4.69) is 10.6 Å². The Balaban J connectivity index is 1.90. The van der Waals surface area contributed by atoms with Crippen LogP contribution in [0.2, 0.25) is 0 Å². The highest BCUT2D eigenvalue weighted by Crippen LogP contribution is 2.24. The first-order valence-corrected chi connectivity index (χ1v) is 6.63. The van der Waals surface area contributed by atoms with E-state index >= 15 is 0 Å². The van der Waals surface area contributed by atoms with Crippen molar-refractivity contribution in [1.82, 2.24) is 0 Å². The van der Waals surface area contributed by atoms with Crippen LogP contribution in [0.4, 0.5) is 16.2 Å². The third-order valence-electron chi connectivity index (χ3n) is 3.48. The van der Waals surface area contributed by atoms with E-state index in [-0.39, 0.29) is 0 Å². The molecule has 1 aliphatic carbocycles. The van der Waals surface area contributed by atoms with Crippen LogP contribution in [0.25, 0.3) is 0 Å². The average Bonchev–Trinajstić information content (AvgIpc) is 2.41. The minimum atomic E-state index is -0.545. The predicted octanol–water partition coefficient (Wildman–Crippen LogP) is 2.55. The van der Waals surface area contributed by atoms with Gasteiger partial charge >= 0.3 is 6.03 Å². The number of urea groups is 1. The summed E-state index contributed by atoms with van der Waals surface area (Å²) in [6.45, 7) is 0. The normalized spacial score (nSPS) is 22.8. The van der Waals surface area contributed by atoms with E-state index in [1.807, 2.05) is 24.3 Å². The molecule has 1 aromatic carbocycles. The molecule has 0 radical (unpaired) electrons. The molecule has 0 saturated heterocycles. The summed E-state index contributed by atoms with van der Waals surface area (Å²) in [7, 11) is 1.78. The first kappa shape index (κ1) is 13.7. The number of carbonyl (C=O) groups excluding carboxylic acids is 1. The van der Waals surface area contributed by atoms with Crippen LogP contribution in [-0.2, 0) is 4.74 Å². The number of methoxy groups -OCH3 is 1. The number of primary amides is 1. The fourth-order valence-corrected chi connectivity index (χ4v) is 2.52. The molecule has 0 heterocycles. The molecule has 0 spiro atoms. The second-order valence-corrected chi connectivity index (χ2v) is 4.93. The van der Waals surface area contributed by atoms with Gasteiger partial charge in [0, 0.05) is 24.5 Å². The van der Waals surface area contributed by atoms with Crippen LogP contribution in [0.1, 0.15) is 25.7 Å². The SMILES string of the molecule is COC1CCCC(Nc2ccc(NC(N)=O)cc2)C1. The number of hydrogen-bond donors (Lipinski definition) is 3. The lowest BCUT2D eigenvalue weighted by molar-refractivity contribution is 0.0669. The highest BCUT2D eigenvalue weighted by Gasteiger charge is 2.21. The summed E-state index contributed by atoms with van der Waals surface area (Å²) in [6, 6.07) is 7.47. The van der Waals surface area contributed by atoms with Gasteiger partial charge in [0.2, 0.25) is 0 Å². The Morgan fingerprint density at radius 3 is 2.58 bits per heavy atom. The van der Waals surface area contributed by atoms with Crippen LogP contribution in [0.15, 0.2) is 24.3 Å². The van der Waals surface area contributed by atoms with Gasteiger partial charge < -0.3 is 21.1 Å². The molecule has 5 heteroatoms. The first-order valence-electron chi connectivity index (χ1n) is 6.63. The van der Waals surface area contributed by atoms with Crippen molar-refractivity contribution in [2.24, 2.45) is 5.73 Å². The maximum atomic E-state index is 10.7. The molecule has 2 amide bonds. The minimum Gasteiger partial charge on any atom is -0.382 e. The largest absolute Gasteiger partial charge is 0.382 e. The van der Waals surface area contributed by atoms with E-state index < -0.39 is 6.03 Å². The maximum Gasteiger partial charge on any atom is 0.316 e. The summed E-state index contributed by atoms with van der Waals surface area (Å²) < 4.78 is 5.42. The molecule has 1 fully saturated rings. The molecule has 0 aliphatic heterocycles. The Bertz CT molecular complexity index is 419. The summed E-state index contributed by atoms with van der Waals surface area (Å²) in [5.41, 5.74) is 6.82. The van der Waals surface area contributed by atoms with Gasteiger partial charge in [0.15, 0.2) is 0 Å². The van der Waals surface area contributed by atoms with Gasteiger partial charge in [0.1, 0.15) is 0 Å². The van der Waals surface area contributed by atoms with Gasteiger partial charge in [-0.05, 0) is 49.9 Å². The molecular formula is C14H21N3O2. The minimum absolute atomic E-state index is 0.363. The van der Waals surface area contributed by atoms with E-state index in [9.17, 15) is 4.79 Å². The predicted molar refractivity (Wildman–Crippen MR) is 76.3 cm³/mol. The Hall–Kier alpha value is -1.75. The molecule has 5 nitrogen and oxygen atoms in total.